The summed E-state index contributed by atoms with van der Waals surface area (Å²) in [5.41, 5.74) is 1.04. The quantitative estimate of drug-likeness (QED) is 0.875. The molecule has 110 valence electrons. The zero-order chi connectivity index (χ0) is 14.4. The van der Waals surface area contributed by atoms with Crippen molar-refractivity contribution in [3.63, 3.8) is 0 Å². The van der Waals surface area contributed by atoms with Gasteiger partial charge < -0.3 is 15.4 Å². The van der Waals surface area contributed by atoms with Crippen LogP contribution in [0.25, 0.3) is 0 Å². The van der Waals surface area contributed by atoms with Crippen molar-refractivity contribution in [2.24, 2.45) is 5.92 Å². The Bertz CT molecular complexity index is 447. The van der Waals surface area contributed by atoms with Gasteiger partial charge >= 0.3 is 0 Å². The second kappa shape index (κ2) is 7.62. The molecule has 1 saturated heterocycles. The Hall–Kier alpha value is -1.10. The molecule has 0 saturated carbocycles. The lowest BCUT2D eigenvalue weighted by Crippen LogP contribution is -2.35. The number of benzene rings is 1. The average molecular weight is 297 g/mol. The zero-order valence-electron chi connectivity index (χ0n) is 11.7. The van der Waals surface area contributed by atoms with E-state index in [1.807, 2.05) is 24.3 Å². The number of hydrogen-bond donors (Lipinski definition) is 2. The molecule has 2 N–H and O–H groups in total. The van der Waals surface area contributed by atoms with Crippen LogP contribution in [-0.4, -0.2) is 32.7 Å². The van der Waals surface area contributed by atoms with E-state index < -0.39 is 0 Å². The topological polar surface area (TPSA) is 50.4 Å². The van der Waals surface area contributed by atoms with Gasteiger partial charge in [-0.05, 0) is 37.1 Å². The van der Waals surface area contributed by atoms with Crippen molar-refractivity contribution in [2.75, 3.05) is 26.7 Å². The highest BCUT2D eigenvalue weighted by atomic mass is 35.5. The van der Waals surface area contributed by atoms with Gasteiger partial charge in [-0.15, -0.1) is 0 Å². The van der Waals surface area contributed by atoms with E-state index in [1.165, 1.54) is 0 Å². The fourth-order valence-corrected chi connectivity index (χ4v) is 2.76. The van der Waals surface area contributed by atoms with Gasteiger partial charge in [-0.25, -0.2) is 0 Å². The lowest BCUT2D eigenvalue weighted by molar-refractivity contribution is -0.128. The number of likely N-dealkylation sites (N-methyl/N-ethyl adjacent to an activating group) is 1. The van der Waals surface area contributed by atoms with Crippen LogP contribution in [0.15, 0.2) is 24.3 Å². The molecule has 1 unspecified atom stereocenters. The van der Waals surface area contributed by atoms with E-state index in [4.69, 9.17) is 16.3 Å². The summed E-state index contributed by atoms with van der Waals surface area (Å²) in [5.74, 6) is 0.257. The van der Waals surface area contributed by atoms with Gasteiger partial charge in [0.1, 0.15) is 6.61 Å². The maximum atomic E-state index is 11.4. The third-order valence-corrected chi connectivity index (χ3v) is 3.85. The first-order valence-corrected chi connectivity index (χ1v) is 7.37. The van der Waals surface area contributed by atoms with E-state index >= 15 is 0 Å². The third kappa shape index (κ3) is 4.20. The van der Waals surface area contributed by atoms with Crippen molar-refractivity contribution >= 4 is 17.5 Å². The predicted octanol–water partition coefficient (Wildman–Crippen LogP) is 2.14. The van der Waals surface area contributed by atoms with Crippen LogP contribution >= 0.6 is 11.6 Å². The van der Waals surface area contributed by atoms with Crippen LogP contribution in [0.5, 0.6) is 0 Å². The molecule has 20 heavy (non-hydrogen) atoms. The van der Waals surface area contributed by atoms with Crippen molar-refractivity contribution in [3.8, 4) is 0 Å². The number of nitrogens with one attached hydrogen (secondary N) is 2. The van der Waals surface area contributed by atoms with Crippen LogP contribution < -0.4 is 10.6 Å². The first kappa shape index (κ1) is 15.3. The first-order chi connectivity index (χ1) is 9.70. The lowest BCUT2D eigenvalue weighted by Gasteiger charge is -2.31. The highest BCUT2D eigenvalue weighted by Gasteiger charge is 2.26. The Morgan fingerprint density at radius 1 is 1.60 bits per heavy atom. The Morgan fingerprint density at radius 3 is 3.10 bits per heavy atom. The van der Waals surface area contributed by atoms with Gasteiger partial charge in [-0.1, -0.05) is 23.7 Å². The maximum absolute atomic E-state index is 11.4. The second-order valence-corrected chi connectivity index (χ2v) is 5.50. The lowest BCUT2D eigenvalue weighted by atomic mass is 9.89. The molecule has 1 fully saturated rings. The van der Waals surface area contributed by atoms with Crippen LogP contribution in [0.1, 0.15) is 24.5 Å². The second-order valence-electron chi connectivity index (χ2n) is 5.07. The largest absolute Gasteiger partial charge is 0.363 e. The van der Waals surface area contributed by atoms with E-state index in [0.29, 0.717) is 10.9 Å². The normalized spacial score (nSPS) is 20.4. The Labute approximate surface area is 124 Å². The van der Waals surface area contributed by atoms with Crippen molar-refractivity contribution in [2.45, 2.75) is 18.9 Å². The highest BCUT2D eigenvalue weighted by molar-refractivity contribution is 6.30. The van der Waals surface area contributed by atoms with E-state index in [9.17, 15) is 4.79 Å². The molecule has 1 heterocycles. The Morgan fingerprint density at radius 2 is 2.45 bits per heavy atom. The molecule has 1 aliphatic heterocycles. The van der Waals surface area contributed by atoms with E-state index in [1.54, 1.807) is 7.05 Å². The molecule has 2 rings (SSSR count). The van der Waals surface area contributed by atoms with Crippen molar-refractivity contribution in [3.05, 3.63) is 34.9 Å². The Kier molecular flexibility index (Phi) is 5.83. The molecule has 1 aliphatic rings. The number of carbonyl (C=O) groups is 1. The summed E-state index contributed by atoms with van der Waals surface area (Å²) in [6.07, 6.45) is 2.13. The molecular weight excluding hydrogens is 276 g/mol. The van der Waals surface area contributed by atoms with E-state index in [-0.39, 0.29) is 18.6 Å². The molecule has 1 aromatic carbocycles. The van der Waals surface area contributed by atoms with E-state index in [0.717, 1.165) is 31.5 Å². The number of hydrogen-bond acceptors (Lipinski definition) is 3. The molecule has 1 amide bonds. The molecule has 5 heteroatoms. The predicted molar refractivity (Wildman–Crippen MR) is 79.8 cm³/mol. The van der Waals surface area contributed by atoms with Crippen LogP contribution in [-0.2, 0) is 9.53 Å². The van der Waals surface area contributed by atoms with Gasteiger partial charge in [-0.2, -0.15) is 0 Å². The van der Waals surface area contributed by atoms with Crippen LogP contribution in [0, 0.1) is 5.92 Å². The molecule has 0 aromatic heterocycles. The van der Waals surface area contributed by atoms with Crippen LogP contribution in [0.2, 0.25) is 5.02 Å². The Balaban J connectivity index is 2.12. The van der Waals surface area contributed by atoms with Gasteiger partial charge in [0, 0.05) is 24.5 Å². The minimum absolute atomic E-state index is 0.0736. The molecule has 4 nitrogen and oxygen atoms in total. The molecule has 0 aliphatic carbocycles. The van der Waals surface area contributed by atoms with Gasteiger partial charge in [0.2, 0.25) is 5.91 Å². The molecule has 0 bridgehead atoms. The molecule has 1 aromatic rings. The SMILES string of the molecule is CNC(=O)COC(c1cccc(Cl)c1)[C@@H]1CCCNC1. The maximum Gasteiger partial charge on any atom is 0.245 e. The van der Waals surface area contributed by atoms with Crippen LogP contribution in [0.3, 0.4) is 0 Å². The zero-order valence-corrected chi connectivity index (χ0v) is 12.5. The monoisotopic (exact) mass is 296 g/mol. The summed E-state index contributed by atoms with van der Waals surface area (Å²) in [5, 5.41) is 6.66. The average Bonchev–Trinajstić information content (AvgIpc) is 2.48. The minimum Gasteiger partial charge on any atom is -0.363 e. The molecular formula is C15H21ClN2O2. The number of rotatable bonds is 5. The van der Waals surface area contributed by atoms with Gasteiger partial charge in [0.15, 0.2) is 0 Å². The van der Waals surface area contributed by atoms with Gasteiger partial charge in [-0.3, -0.25) is 4.79 Å². The number of ether oxygens (including phenoxy) is 1. The first-order valence-electron chi connectivity index (χ1n) is 6.99. The number of amides is 1. The summed E-state index contributed by atoms with van der Waals surface area (Å²) in [4.78, 5) is 11.4. The van der Waals surface area contributed by atoms with Crippen LogP contribution in [0.4, 0.5) is 0 Å². The van der Waals surface area contributed by atoms with Gasteiger partial charge in [0.05, 0.1) is 6.10 Å². The third-order valence-electron chi connectivity index (χ3n) is 3.61. The summed E-state index contributed by atoms with van der Waals surface area (Å²) in [7, 11) is 1.61. The fourth-order valence-electron chi connectivity index (χ4n) is 2.56. The summed E-state index contributed by atoms with van der Waals surface area (Å²) in [6, 6.07) is 7.70. The molecule has 0 radical (unpaired) electrons. The van der Waals surface area contributed by atoms with Crippen molar-refractivity contribution in [1.82, 2.24) is 10.6 Å². The smallest absolute Gasteiger partial charge is 0.245 e. The summed E-state index contributed by atoms with van der Waals surface area (Å²) in [6.45, 7) is 2.03. The van der Waals surface area contributed by atoms with E-state index in [2.05, 4.69) is 10.6 Å². The van der Waals surface area contributed by atoms with Crippen molar-refractivity contribution < 1.29 is 9.53 Å². The molecule has 0 spiro atoms. The number of halogens is 1. The van der Waals surface area contributed by atoms with Gasteiger partial charge in [0.25, 0.3) is 0 Å². The summed E-state index contributed by atoms with van der Waals surface area (Å²) < 4.78 is 5.86. The van der Waals surface area contributed by atoms with Crippen molar-refractivity contribution in [1.29, 1.82) is 0 Å². The minimum atomic E-state index is -0.110. The standard InChI is InChI=1S/C15H21ClN2O2/c1-17-14(19)10-20-15(12-5-3-7-18-9-12)11-4-2-6-13(16)8-11/h2,4,6,8,12,15,18H,3,5,7,9-10H2,1H3,(H,17,19)/t12-,15?/m1/s1. The molecule has 2 atom stereocenters. The number of piperidine rings is 1. The fraction of sp³-hybridized carbons (Fsp3) is 0.533. The number of carbonyl (C=O) groups excluding carboxylic acids is 1. The highest BCUT2D eigenvalue weighted by Crippen LogP contribution is 2.31. The summed E-state index contributed by atoms with van der Waals surface area (Å²) >= 11 is 6.07.